The average molecular weight is 643 g/mol. The molecule has 0 amide bonds. The number of hydrogen-bond acceptors (Lipinski definition) is 2. The maximum Gasteiger partial charge on any atom is 0.0630 e. The van der Waals surface area contributed by atoms with Crippen molar-refractivity contribution < 1.29 is 0 Å². The molecule has 1 N–H and O–H groups in total. The fourth-order valence-corrected chi connectivity index (χ4v) is 6.04. The summed E-state index contributed by atoms with van der Waals surface area (Å²) in [5.41, 5.74) is 14.6. The Hall–Kier alpha value is -6.51. The number of benzene rings is 7. The van der Waals surface area contributed by atoms with E-state index in [0.29, 0.717) is 0 Å². The Balaban J connectivity index is 1.23. The molecule has 0 aliphatic rings. The zero-order valence-electron chi connectivity index (χ0n) is 28.1. The molecular weight excluding hydrogens is 605 g/mol. The topological polar surface area (TPSA) is 24.4 Å². The zero-order valence-corrected chi connectivity index (χ0v) is 28.1. The standard InChI is InChI=1S/C48H38N2/c1-36(37-14-6-2-7-15-37)34-44(32-33-49-45-27-22-40(23-28-45)38-16-8-3-9-17-38)43-26-31-48(47(35-43)42-20-12-5-13-21-42)50-46-29-24-41(25-30-46)39-18-10-4-11-19-39/h2-35,50H,1H3/b36-34+,44-32+,49-33+. The Morgan fingerprint density at radius 1 is 0.480 bits per heavy atom. The smallest absolute Gasteiger partial charge is 0.0630 e. The molecule has 0 aliphatic heterocycles. The van der Waals surface area contributed by atoms with Gasteiger partial charge in [-0.05, 0) is 99.5 Å². The molecular formula is C48H38N2. The van der Waals surface area contributed by atoms with Gasteiger partial charge in [-0.2, -0.15) is 0 Å². The third-order valence-corrected chi connectivity index (χ3v) is 8.76. The molecule has 7 rings (SSSR count). The van der Waals surface area contributed by atoms with E-state index in [4.69, 9.17) is 4.99 Å². The van der Waals surface area contributed by atoms with Crippen LogP contribution in [0.1, 0.15) is 18.1 Å². The third kappa shape index (κ3) is 7.95. The molecule has 0 saturated carbocycles. The largest absolute Gasteiger partial charge is 0.355 e. The molecule has 0 spiro atoms. The van der Waals surface area contributed by atoms with Gasteiger partial charge in [-0.3, -0.25) is 4.99 Å². The first-order valence-electron chi connectivity index (χ1n) is 17.0. The molecule has 0 unspecified atom stereocenters. The second-order valence-corrected chi connectivity index (χ2v) is 12.2. The number of nitrogens with one attached hydrogen (secondary N) is 1. The van der Waals surface area contributed by atoms with Crippen LogP contribution in [0.25, 0.3) is 44.5 Å². The summed E-state index contributed by atoms with van der Waals surface area (Å²) in [7, 11) is 0. The molecule has 0 saturated heterocycles. The number of nitrogens with zero attached hydrogens (tertiary/aromatic N) is 1. The fourth-order valence-electron chi connectivity index (χ4n) is 6.04. The molecule has 0 bridgehead atoms. The first kappa shape index (κ1) is 32.1. The van der Waals surface area contributed by atoms with E-state index in [1.165, 1.54) is 33.4 Å². The molecule has 2 heteroatoms. The summed E-state index contributed by atoms with van der Waals surface area (Å²) in [6.07, 6.45) is 6.26. The van der Waals surface area contributed by atoms with E-state index in [2.05, 4.69) is 200 Å². The summed E-state index contributed by atoms with van der Waals surface area (Å²) in [5.74, 6) is 0. The molecule has 0 radical (unpaired) electrons. The minimum Gasteiger partial charge on any atom is -0.355 e. The van der Waals surface area contributed by atoms with Gasteiger partial charge in [0, 0.05) is 23.2 Å². The number of hydrogen-bond donors (Lipinski definition) is 1. The second kappa shape index (κ2) is 15.6. The van der Waals surface area contributed by atoms with Gasteiger partial charge < -0.3 is 5.32 Å². The number of rotatable bonds is 10. The van der Waals surface area contributed by atoms with Gasteiger partial charge in [0.05, 0.1) is 5.69 Å². The minimum atomic E-state index is 0.909. The van der Waals surface area contributed by atoms with Crippen molar-refractivity contribution >= 4 is 34.4 Å². The molecule has 7 aromatic rings. The molecule has 2 nitrogen and oxygen atoms in total. The van der Waals surface area contributed by atoms with Gasteiger partial charge in [-0.15, -0.1) is 0 Å². The van der Waals surface area contributed by atoms with Gasteiger partial charge in [0.25, 0.3) is 0 Å². The van der Waals surface area contributed by atoms with Crippen molar-refractivity contribution in [2.24, 2.45) is 4.99 Å². The summed E-state index contributed by atoms with van der Waals surface area (Å²) in [6.45, 7) is 2.16. The minimum absolute atomic E-state index is 0.909. The Morgan fingerprint density at radius 3 is 1.56 bits per heavy atom. The van der Waals surface area contributed by atoms with Crippen LogP contribution in [0.2, 0.25) is 0 Å². The van der Waals surface area contributed by atoms with Gasteiger partial charge in [0.15, 0.2) is 0 Å². The predicted molar refractivity (Wildman–Crippen MR) is 215 cm³/mol. The first-order valence-corrected chi connectivity index (χ1v) is 17.0. The lowest BCUT2D eigenvalue weighted by molar-refractivity contribution is 1.50. The van der Waals surface area contributed by atoms with E-state index in [0.717, 1.165) is 39.3 Å². The van der Waals surface area contributed by atoms with Crippen LogP contribution in [-0.4, -0.2) is 6.21 Å². The van der Waals surface area contributed by atoms with Gasteiger partial charge >= 0.3 is 0 Å². The van der Waals surface area contributed by atoms with Crippen LogP contribution >= 0.6 is 0 Å². The second-order valence-electron chi connectivity index (χ2n) is 12.2. The number of aliphatic imine (C=N–C) groups is 1. The van der Waals surface area contributed by atoms with Crippen molar-refractivity contribution in [3.8, 4) is 33.4 Å². The number of allylic oxidation sites excluding steroid dienone is 4. The lowest BCUT2D eigenvalue weighted by Crippen LogP contribution is -1.95. The van der Waals surface area contributed by atoms with Gasteiger partial charge in [0.1, 0.15) is 0 Å². The first-order chi connectivity index (χ1) is 24.7. The Kier molecular flexibility index (Phi) is 10.00. The van der Waals surface area contributed by atoms with E-state index in [1.807, 2.05) is 18.3 Å². The fraction of sp³-hybridized carbons (Fsp3) is 0.0208. The van der Waals surface area contributed by atoms with E-state index >= 15 is 0 Å². The van der Waals surface area contributed by atoms with Crippen molar-refractivity contribution in [1.29, 1.82) is 0 Å². The van der Waals surface area contributed by atoms with E-state index in [-0.39, 0.29) is 0 Å². The predicted octanol–water partition coefficient (Wildman–Crippen LogP) is 13.3. The average Bonchev–Trinajstić information content (AvgIpc) is 3.19. The summed E-state index contributed by atoms with van der Waals surface area (Å²) >= 11 is 0. The van der Waals surface area contributed by atoms with Crippen LogP contribution in [0.3, 0.4) is 0 Å². The SMILES string of the molecule is C\C(=C/C(=C\C=N\c1ccc(-c2ccccc2)cc1)c1ccc(Nc2ccc(-c3ccccc3)cc2)c(-c2ccccc2)c1)c1ccccc1. The summed E-state index contributed by atoms with van der Waals surface area (Å²) in [6, 6.07) is 65.6. The maximum atomic E-state index is 4.83. The van der Waals surface area contributed by atoms with Crippen LogP contribution in [0, 0.1) is 0 Å². The Bertz CT molecular complexity index is 2230. The number of anilines is 2. The van der Waals surface area contributed by atoms with Crippen molar-refractivity contribution in [3.05, 3.63) is 211 Å². The highest BCUT2D eigenvalue weighted by Gasteiger charge is 2.10. The Labute approximate surface area is 295 Å². The molecule has 7 aromatic carbocycles. The summed E-state index contributed by atoms with van der Waals surface area (Å²) in [5, 5.41) is 3.70. The summed E-state index contributed by atoms with van der Waals surface area (Å²) < 4.78 is 0. The molecule has 50 heavy (non-hydrogen) atoms. The van der Waals surface area contributed by atoms with Crippen LogP contribution in [0.5, 0.6) is 0 Å². The Morgan fingerprint density at radius 2 is 0.980 bits per heavy atom. The monoisotopic (exact) mass is 642 g/mol. The molecule has 0 aromatic heterocycles. The van der Waals surface area contributed by atoms with Crippen molar-refractivity contribution in [1.82, 2.24) is 0 Å². The van der Waals surface area contributed by atoms with E-state index < -0.39 is 0 Å². The van der Waals surface area contributed by atoms with E-state index in [1.54, 1.807) is 0 Å². The molecule has 0 aliphatic carbocycles. The van der Waals surface area contributed by atoms with Crippen LogP contribution in [0.15, 0.2) is 205 Å². The van der Waals surface area contributed by atoms with Crippen LogP contribution < -0.4 is 5.32 Å². The lowest BCUT2D eigenvalue weighted by Gasteiger charge is -2.16. The summed E-state index contributed by atoms with van der Waals surface area (Å²) in [4.78, 5) is 4.83. The highest BCUT2D eigenvalue weighted by Crippen LogP contribution is 2.35. The quantitative estimate of drug-likeness (QED) is 0.116. The van der Waals surface area contributed by atoms with Crippen molar-refractivity contribution in [2.75, 3.05) is 5.32 Å². The van der Waals surface area contributed by atoms with Gasteiger partial charge in [-0.1, -0.05) is 158 Å². The third-order valence-electron chi connectivity index (χ3n) is 8.76. The zero-order chi connectivity index (χ0) is 34.0. The van der Waals surface area contributed by atoms with Gasteiger partial charge in [-0.25, -0.2) is 0 Å². The van der Waals surface area contributed by atoms with Crippen molar-refractivity contribution in [3.63, 3.8) is 0 Å². The highest BCUT2D eigenvalue weighted by molar-refractivity contribution is 5.95. The normalized spacial score (nSPS) is 11.9. The van der Waals surface area contributed by atoms with Crippen LogP contribution in [0.4, 0.5) is 17.1 Å². The molecule has 240 valence electrons. The molecule has 0 atom stereocenters. The molecule has 0 fully saturated rings. The maximum absolute atomic E-state index is 4.83. The van der Waals surface area contributed by atoms with Crippen LogP contribution in [-0.2, 0) is 0 Å². The van der Waals surface area contributed by atoms with E-state index in [9.17, 15) is 0 Å². The lowest BCUT2D eigenvalue weighted by atomic mass is 9.95. The highest BCUT2D eigenvalue weighted by atomic mass is 14.9. The van der Waals surface area contributed by atoms with Gasteiger partial charge in [0.2, 0.25) is 0 Å². The van der Waals surface area contributed by atoms with Crippen molar-refractivity contribution in [2.45, 2.75) is 6.92 Å². The molecule has 0 heterocycles.